The molecule has 8 heteroatoms. The second kappa shape index (κ2) is 12.7. The summed E-state index contributed by atoms with van der Waals surface area (Å²) in [6.45, 7) is 13.6. The van der Waals surface area contributed by atoms with Gasteiger partial charge >= 0.3 is 6.09 Å². The molecule has 2 aliphatic heterocycles. The van der Waals surface area contributed by atoms with E-state index in [4.69, 9.17) is 10.5 Å². The predicted molar refractivity (Wildman–Crippen MR) is 125 cm³/mol. The highest BCUT2D eigenvalue weighted by atomic mass is 127. The molecule has 1 atom stereocenters. The van der Waals surface area contributed by atoms with Gasteiger partial charge < -0.3 is 20.7 Å². The minimum atomic E-state index is -0.215. The van der Waals surface area contributed by atoms with Crippen LogP contribution in [0.5, 0.6) is 0 Å². The molecule has 2 saturated heterocycles. The van der Waals surface area contributed by atoms with Crippen LogP contribution < -0.4 is 11.1 Å². The Labute approximate surface area is 187 Å². The van der Waals surface area contributed by atoms with E-state index in [1.165, 1.54) is 25.9 Å². The summed E-state index contributed by atoms with van der Waals surface area (Å²) in [5.41, 5.74) is 6.16. The number of aliphatic imine (C=N–C) groups is 1. The minimum absolute atomic E-state index is 0. The molecule has 0 aliphatic carbocycles. The van der Waals surface area contributed by atoms with Gasteiger partial charge in [0.1, 0.15) is 0 Å². The average Bonchev–Trinajstić information content (AvgIpc) is 2.64. The van der Waals surface area contributed by atoms with Gasteiger partial charge in [0.25, 0.3) is 0 Å². The lowest BCUT2D eigenvalue weighted by Crippen LogP contribution is -2.49. The number of nitrogens with two attached hydrogens (primary N) is 1. The third-order valence-corrected chi connectivity index (χ3v) is 5.88. The van der Waals surface area contributed by atoms with E-state index in [9.17, 15) is 4.79 Å². The van der Waals surface area contributed by atoms with Crippen LogP contribution in [0.2, 0.25) is 0 Å². The van der Waals surface area contributed by atoms with Crippen molar-refractivity contribution in [2.45, 2.75) is 65.5 Å². The molecule has 2 heterocycles. The monoisotopic (exact) mass is 509 g/mol. The average molecular weight is 509 g/mol. The lowest BCUT2D eigenvalue weighted by molar-refractivity contribution is 0.0963. The number of rotatable bonds is 6. The van der Waals surface area contributed by atoms with Crippen LogP contribution in [0.3, 0.4) is 0 Å². The van der Waals surface area contributed by atoms with Gasteiger partial charge in [0.2, 0.25) is 0 Å². The minimum Gasteiger partial charge on any atom is -0.450 e. The molecule has 0 bridgehead atoms. The summed E-state index contributed by atoms with van der Waals surface area (Å²) >= 11 is 0. The molecule has 1 unspecified atom stereocenters. The van der Waals surface area contributed by atoms with E-state index in [2.05, 4.69) is 36.0 Å². The largest absolute Gasteiger partial charge is 0.450 e. The Balaban J connectivity index is 0.00000392. The van der Waals surface area contributed by atoms with E-state index in [1.54, 1.807) is 4.90 Å². The zero-order valence-corrected chi connectivity index (χ0v) is 20.4. The van der Waals surface area contributed by atoms with Crippen LogP contribution in [0.1, 0.15) is 53.4 Å². The molecule has 164 valence electrons. The van der Waals surface area contributed by atoms with Gasteiger partial charge in [-0.2, -0.15) is 0 Å². The molecule has 0 saturated carbocycles. The summed E-state index contributed by atoms with van der Waals surface area (Å²) in [4.78, 5) is 20.8. The normalized spacial score (nSPS) is 21.3. The summed E-state index contributed by atoms with van der Waals surface area (Å²) in [7, 11) is 0. The first-order chi connectivity index (χ1) is 12.9. The molecule has 2 rings (SSSR count). The highest BCUT2D eigenvalue weighted by Crippen LogP contribution is 2.21. The van der Waals surface area contributed by atoms with Crippen LogP contribution in [0.15, 0.2) is 4.99 Å². The van der Waals surface area contributed by atoms with Crippen molar-refractivity contribution >= 4 is 36.0 Å². The van der Waals surface area contributed by atoms with Gasteiger partial charge in [-0.05, 0) is 57.5 Å². The summed E-state index contributed by atoms with van der Waals surface area (Å²) in [5.74, 6) is 1.92. The van der Waals surface area contributed by atoms with E-state index in [0.29, 0.717) is 37.6 Å². The van der Waals surface area contributed by atoms with Gasteiger partial charge in [0.05, 0.1) is 13.2 Å². The second-order valence-corrected chi connectivity index (χ2v) is 8.36. The van der Waals surface area contributed by atoms with E-state index in [1.807, 2.05) is 6.92 Å². The highest BCUT2D eigenvalue weighted by molar-refractivity contribution is 14.0. The number of guanidine groups is 1. The van der Waals surface area contributed by atoms with Crippen molar-refractivity contribution < 1.29 is 9.53 Å². The number of carbonyl (C=O) groups is 1. The fourth-order valence-electron chi connectivity index (χ4n) is 3.98. The Morgan fingerprint density at radius 3 is 2.32 bits per heavy atom. The van der Waals surface area contributed by atoms with Crippen molar-refractivity contribution in [3.8, 4) is 0 Å². The second-order valence-electron chi connectivity index (χ2n) is 8.36. The van der Waals surface area contributed by atoms with Gasteiger partial charge in [-0.25, -0.2) is 4.79 Å². The number of amides is 1. The lowest BCUT2D eigenvalue weighted by atomic mass is 9.94. The smallest absolute Gasteiger partial charge is 0.409 e. The number of hydrogen-bond donors (Lipinski definition) is 2. The summed E-state index contributed by atoms with van der Waals surface area (Å²) < 4.78 is 5.06. The molecule has 2 fully saturated rings. The Hall–Kier alpha value is -0.770. The number of ether oxygens (including phenoxy) is 1. The van der Waals surface area contributed by atoms with E-state index >= 15 is 0 Å². The Kier molecular flexibility index (Phi) is 11.5. The molecule has 1 amide bonds. The van der Waals surface area contributed by atoms with Crippen molar-refractivity contribution in [1.29, 1.82) is 0 Å². The molecule has 0 aromatic carbocycles. The van der Waals surface area contributed by atoms with Crippen molar-refractivity contribution in [3.63, 3.8) is 0 Å². The number of carbonyl (C=O) groups excluding carboxylic acids is 1. The van der Waals surface area contributed by atoms with Gasteiger partial charge in [-0.1, -0.05) is 20.8 Å². The van der Waals surface area contributed by atoms with Crippen LogP contribution in [0.4, 0.5) is 4.79 Å². The number of piperidine rings is 2. The first-order valence-electron chi connectivity index (χ1n) is 10.6. The molecule has 7 nitrogen and oxygen atoms in total. The lowest BCUT2D eigenvalue weighted by Gasteiger charge is -2.38. The first kappa shape index (κ1) is 25.3. The predicted octanol–water partition coefficient (Wildman–Crippen LogP) is 2.89. The SMILES string of the molecule is CCOC(=O)N1CCC(NC(N)=NCC(C(C)C)N2CCC(C)CC2)CC1.I. The first-order valence-corrected chi connectivity index (χ1v) is 10.6. The molecular weight excluding hydrogens is 469 g/mol. The maximum atomic E-state index is 11.8. The maximum Gasteiger partial charge on any atom is 0.409 e. The van der Waals surface area contributed by atoms with Crippen molar-refractivity contribution in [3.05, 3.63) is 0 Å². The van der Waals surface area contributed by atoms with Gasteiger partial charge in [0.15, 0.2) is 5.96 Å². The van der Waals surface area contributed by atoms with Crippen molar-refractivity contribution in [2.24, 2.45) is 22.6 Å². The molecule has 28 heavy (non-hydrogen) atoms. The van der Waals surface area contributed by atoms with Gasteiger partial charge in [-0.3, -0.25) is 9.89 Å². The molecule has 0 aromatic rings. The van der Waals surface area contributed by atoms with Crippen molar-refractivity contribution in [1.82, 2.24) is 15.1 Å². The van der Waals surface area contributed by atoms with Crippen molar-refractivity contribution in [2.75, 3.05) is 39.3 Å². The molecular formula is C20H40IN5O2. The Bertz CT molecular complexity index is 487. The topological polar surface area (TPSA) is 83.2 Å². The third-order valence-electron chi connectivity index (χ3n) is 5.88. The molecule has 0 aromatic heterocycles. The zero-order valence-electron chi connectivity index (χ0n) is 18.0. The van der Waals surface area contributed by atoms with Crippen LogP contribution in [-0.2, 0) is 4.74 Å². The van der Waals surface area contributed by atoms with E-state index in [0.717, 1.165) is 25.3 Å². The standard InChI is InChI=1S/C20H39N5O2.HI/c1-5-27-20(26)25-12-8-17(9-13-25)23-19(21)22-14-18(15(2)3)24-10-6-16(4)7-11-24;/h15-18H,5-14H2,1-4H3,(H3,21,22,23);1H. The number of nitrogens with one attached hydrogen (secondary N) is 1. The number of hydrogen-bond acceptors (Lipinski definition) is 4. The third kappa shape index (κ3) is 7.93. The molecule has 3 N–H and O–H groups in total. The Morgan fingerprint density at radius 2 is 1.79 bits per heavy atom. The summed E-state index contributed by atoms with van der Waals surface area (Å²) in [6, 6.07) is 0.719. The number of nitrogens with zero attached hydrogens (tertiary/aromatic N) is 3. The molecule has 0 spiro atoms. The van der Waals surface area contributed by atoms with Gasteiger partial charge in [0, 0.05) is 25.2 Å². The fourth-order valence-corrected chi connectivity index (χ4v) is 3.98. The van der Waals surface area contributed by atoms with Crippen LogP contribution in [-0.4, -0.2) is 73.3 Å². The maximum absolute atomic E-state index is 11.8. The molecule has 0 radical (unpaired) electrons. The van der Waals surface area contributed by atoms with E-state index in [-0.39, 0.29) is 36.1 Å². The number of likely N-dealkylation sites (tertiary alicyclic amines) is 2. The van der Waals surface area contributed by atoms with Gasteiger partial charge in [-0.15, -0.1) is 24.0 Å². The zero-order chi connectivity index (χ0) is 19.8. The number of halogens is 1. The fraction of sp³-hybridized carbons (Fsp3) is 0.900. The van der Waals surface area contributed by atoms with Crippen LogP contribution in [0.25, 0.3) is 0 Å². The Morgan fingerprint density at radius 1 is 1.18 bits per heavy atom. The summed E-state index contributed by atoms with van der Waals surface area (Å²) in [5, 5.41) is 3.35. The molecule has 2 aliphatic rings. The van der Waals surface area contributed by atoms with Crippen LogP contribution >= 0.6 is 24.0 Å². The summed E-state index contributed by atoms with van der Waals surface area (Å²) in [6.07, 6.45) is 4.08. The van der Waals surface area contributed by atoms with Crippen LogP contribution in [0, 0.1) is 11.8 Å². The highest BCUT2D eigenvalue weighted by Gasteiger charge is 2.26. The quantitative estimate of drug-likeness (QED) is 0.327. The van der Waals surface area contributed by atoms with E-state index < -0.39 is 0 Å².